The first kappa shape index (κ1) is 21.0. The van der Waals surface area contributed by atoms with Crippen LogP contribution in [0, 0.1) is 0 Å². The van der Waals surface area contributed by atoms with E-state index in [9.17, 15) is 14.4 Å². The van der Waals surface area contributed by atoms with Crippen LogP contribution in [-0.4, -0.2) is 47.8 Å². The number of amides is 3. The van der Waals surface area contributed by atoms with Crippen molar-refractivity contribution < 1.29 is 14.4 Å². The Kier molecular flexibility index (Phi) is 6.79. The van der Waals surface area contributed by atoms with Gasteiger partial charge in [0.2, 0.25) is 11.8 Å². The minimum absolute atomic E-state index is 0.114. The first-order valence-corrected chi connectivity index (χ1v) is 11.3. The van der Waals surface area contributed by atoms with Crippen molar-refractivity contribution in [3.63, 3.8) is 0 Å². The highest BCUT2D eigenvalue weighted by atomic mass is 16.2. The maximum Gasteiger partial charge on any atom is 0.255 e. The maximum atomic E-state index is 12.9. The highest BCUT2D eigenvalue weighted by Crippen LogP contribution is 2.29. The van der Waals surface area contributed by atoms with Crippen LogP contribution in [0.15, 0.2) is 18.2 Å². The third kappa shape index (κ3) is 4.73. The molecule has 1 aromatic carbocycles. The summed E-state index contributed by atoms with van der Waals surface area (Å²) in [5.74, 6) is -0.740. The van der Waals surface area contributed by atoms with Crippen LogP contribution in [0.2, 0.25) is 0 Å². The summed E-state index contributed by atoms with van der Waals surface area (Å²) in [7, 11) is 0. The number of hydrogen-bond donors (Lipinski definition) is 3. The molecule has 0 spiro atoms. The number of benzene rings is 1. The molecular weight excluding hydrogens is 380 g/mol. The molecule has 0 radical (unpaired) electrons. The van der Waals surface area contributed by atoms with E-state index < -0.39 is 6.04 Å². The number of piperidine rings is 1. The van der Waals surface area contributed by atoms with Crippen molar-refractivity contribution in [1.82, 2.24) is 20.9 Å². The zero-order valence-electron chi connectivity index (χ0n) is 17.5. The summed E-state index contributed by atoms with van der Waals surface area (Å²) in [6, 6.07) is 5.87. The fourth-order valence-corrected chi connectivity index (χ4v) is 4.89. The number of fused-ring (bicyclic) bond motifs is 1. The standard InChI is InChI=1S/C23H32N4O3/c28-21-11-10-20(22(29)26-21)27-15-19-16(6-5-9-18(19)23(27)30)14-24-12-13-25-17-7-3-1-2-4-8-17/h5-6,9,17,20,24-25H,1-4,7-8,10-15H2,(H,26,28,29). The second-order valence-electron chi connectivity index (χ2n) is 8.66. The van der Waals surface area contributed by atoms with E-state index in [1.807, 2.05) is 18.2 Å². The van der Waals surface area contributed by atoms with E-state index in [0.29, 0.717) is 31.1 Å². The second-order valence-corrected chi connectivity index (χ2v) is 8.66. The zero-order chi connectivity index (χ0) is 20.9. The van der Waals surface area contributed by atoms with Gasteiger partial charge in [0, 0.05) is 44.2 Å². The van der Waals surface area contributed by atoms with E-state index in [-0.39, 0.29) is 24.1 Å². The van der Waals surface area contributed by atoms with Crippen molar-refractivity contribution in [1.29, 1.82) is 0 Å². The molecule has 162 valence electrons. The molecule has 3 amide bonds. The van der Waals surface area contributed by atoms with Gasteiger partial charge in [-0.15, -0.1) is 0 Å². The number of nitrogens with zero attached hydrogens (tertiary/aromatic N) is 1. The maximum absolute atomic E-state index is 12.9. The predicted octanol–water partition coefficient (Wildman–Crippen LogP) is 1.85. The molecule has 30 heavy (non-hydrogen) atoms. The van der Waals surface area contributed by atoms with Crippen molar-refractivity contribution in [3.05, 3.63) is 34.9 Å². The van der Waals surface area contributed by atoms with E-state index in [1.54, 1.807) is 4.90 Å². The van der Waals surface area contributed by atoms with Gasteiger partial charge in [0.05, 0.1) is 0 Å². The van der Waals surface area contributed by atoms with Gasteiger partial charge in [-0.25, -0.2) is 0 Å². The topological polar surface area (TPSA) is 90.5 Å². The van der Waals surface area contributed by atoms with E-state index >= 15 is 0 Å². The number of carbonyl (C=O) groups is 3. The largest absolute Gasteiger partial charge is 0.322 e. The lowest BCUT2D eigenvalue weighted by Gasteiger charge is -2.29. The smallest absolute Gasteiger partial charge is 0.255 e. The van der Waals surface area contributed by atoms with Gasteiger partial charge in [0.25, 0.3) is 5.91 Å². The van der Waals surface area contributed by atoms with Gasteiger partial charge in [-0.1, -0.05) is 37.8 Å². The van der Waals surface area contributed by atoms with Crippen molar-refractivity contribution in [2.24, 2.45) is 0 Å². The SMILES string of the molecule is O=C1CCC(N2Cc3c(CNCCNC4CCCCCC4)cccc3C2=O)C(=O)N1. The average Bonchev–Trinajstić information content (AvgIpc) is 2.90. The molecule has 0 bridgehead atoms. The summed E-state index contributed by atoms with van der Waals surface area (Å²) in [5.41, 5.74) is 2.78. The molecule has 2 fully saturated rings. The minimum Gasteiger partial charge on any atom is -0.322 e. The van der Waals surface area contributed by atoms with Crippen LogP contribution >= 0.6 is 0 Å². The molecule has 1 aromatic rings. The van der Waals surface area contributed by atoms with Crippen molar-refractivity contribution in [2.75, 3.05) is 13.1 Å². The molecule has 7 nitrogen and oxygen atoms in total. The van der Waals surface area contributed by atoms with Gasteiger partial charge >= 0.3 is 0 Å². The lowest BCUT2D eigenvalue weighted by Crippen LogP contribution is -2.52. The molecular formula is C23H32N4O3. The molecule has 1 atom stereocenters. The Labute approximate surface area is 178 Å². The summed E-state index contributed by atoms with van der Waals surface area (Å²) in [4.78, 5) is 38.2. The van der Waals surface area contributed by atoms with Crippen molar-refractivity contribution in [3.8, 4) is 0 Å². The van der Waals surface area contributed by atoms with E-state index in [1.165, 1.54) is 38.5 Å². The summed E-state index contributed by atoms with van der Waals surface area (Å²) in [6.45, 7) is 2.95. The third-order valence-electron chi connectivity index (χ3n) is 6.58. The van der Waals surface area contributed by atoms with E-state index in [0.717, 1.165) is 24.2 Å². The third-order valence-corrected chi connectivity index (χ3v) is 6.58. The normalized spacial score (nSPS) is 22.7. The average molecular weight is 413 g/mol. The Morgan fingerprint density at radius 3 is 2.57 bits per heavy atom. The number of carbonyl (C=O) groups excluding carboxylic acids is 3. The van der Waals surface area contributed by atoms with E-state index in [2.05, 4.69) is 16.0 Å². The molecule has 2 heterocycles. The van der Waals surface area contributed by atoms with E-state index in [4.69, 9.17) is 0 Å². The van der Waals surface area contributed by atoms with Crippen LogP contribution in [0.1, 0.15) is 72.9 Å². The van der Waals surface area contributed by atoms with Gasteiger partial charge in [0.1, 0.15) is 6.04 Å². The quantitative estimate of drug-likeness (QED) is 0.361. The van der Waals surface area contributed by atoms with Gasteiger partial charge in [0.15, 0.2) is 0 Å². The second kappa shape index (κ2) is 9.71. The number of hydrogen-bond acceptors (Lipinski definition) is 5. The molecule has 1 aliphatic carbocycles. The highest BCUT2D eigenvalue weighted by molar-refractivity contribution is 6.05. The number of rotatable bonds is 7. The molecule has 3 aliphatic rings. The summed E-state index contributed by atoms with van der Waals surface area (Å²) in [5, 5.41) is 9.52. The summed E-state index contributed by atoms with van der Waals surface area (Å²) >= 11 is 0. The Hall–Kier alpha value is -2.25. The Morgan fingerprint density at radius 2 is 1.80 bits per heavy atom. The molecule has 1 saturated carbocycles. The van der Waals surface area contributed by atoms with Crippen LogP contribution in [-0.2, 0) is 22.7 Å². The van der Waals surface area contributed by atoms with Crippen LogP contribution in [0.4, 0.5) is 0 Å². The van der Waals surface area contributed by atoms with Crippen LogP contribution in [0.25, 0.3) is 0 Å². The Bertz CT molecular complexity index is 802. The molecule has 2 aliphatic heterocycles. The molecule has 1 saturated heterocycles. The van der Waals surface area contributed by atoms with Gasteiger partial charge in [-0.2, -0.15) is 0 Å². The van der Waals surface area contributed by atoms with Crippen LogP contribution < -0.4 is 16.0 Å². The lowest BCUT2D eigenvalue weighted by molar-refractivity contribution is -0.136. The highest BCUT2D eigenvalue weighted by Gasteiger charge is 2.39. The van der Waals surface area contributed by atoms with Gasteiger partial charge in [-0.05, 0) is 36.5 Å². The zero-order valence-corrected chi connectivity index (χ0v) is 17.5. The molecule has 4 rings (SSSR count). The minimum atomic E-state index is -0.563. The molecule has 0 aromatic heterocycles. The fraction of sp³-hybridized carbons (Fsp3) is 0.609. The Morgan fingerprint density at radius 1 is 1.00 bits per heavy atom. The fourth-order valence-electron chi connectivity index (χ4n) is 4.89. The van der Waals surface area contributed by atoms with Crippen LogP contribution in [0.5, 0.6) is 0 Å². The van der Waals surface area contributed by atoms with Crippen molar-refractivity contribution in [2.45, 2.75) is 76.5 Å². The summed E-state index contributed by atoms with van der Waals surface area (Å²) in [6.07, 6.45) is 8.63. The predicted molar refractivity (Wildman–Crippen MR) is 114 cm³/mol. The number of imide groups is 1. The first-order valence-electron chi connectivity index (χ1n) is 11.3. The molecule has 3 N–H and O–H groups in total. The molecule has 1 unspecified atom stereocenters. The van der Waals surface area contributed by atoms with Crippen molar-refractivity contribution >= 4 is 17.7 Å². The van der Waals surface area contributed by atoms with Crippen LogP contribution in [0.3, 0.4) is 0 Å². The monoisotopic (exact) mass is 412 g/mol. The number of nitrogens with one attached hydrogen (secondary N) is 3. The van der Waals surface area contributed by atoms with Gasteiger partial charge < -0.3 is 15.5 Å². The summed E-state index contributed by atoms with van der Waals surface area (Å²) < 4.78 is 0. The van der Waals surface area contributed by atoms with Gasteiger partial charge in [-0.3, -0.25) is 19.7 Å². The lowest BCUT2D eigenvalue weighted by atomic mass is 10.0. The Balaban J connectivity index is 1.30. The molecule has 7 heteroatoms. The first-order chi connectivity index (χ1) is 14.6.